The first kappa shape index (κ1) is 10.2. The fourth-order valence-corrected chi connectivity index (χ4v) is 4.70. The Balaban J connectivity index is 1.77. The van der Waals surface area contributed by atoms with Crippen molar-refractivity contribution in [3.05, 3.63) is 23.7 Å². The lowest BCUT2D eigenvalue weighted by molar-refractivity contribution is 0.468. The smallest absolute Gasteiger partial charge is 0.154 e. The minimum Gasteiger partial charge on any atom is -0.362 e. The van der Waals surface area contributed by atoms with Crippen LogP contribution in [0.4, 0.5) is 5.82 Å². The predicted octanol–water partition coefficient (Wildman–Crippen LogP) is 2.74. The van der Waals surface area contributed by atoms with Crippen LogP contribution in [0.2, 0.25) is 0 Å². The highest BCUT2D eigenvalue weighted by molar-refractivity contribution is 5.76. The second kappa shape index (κ2) is 2.94. The van der Waals surface area contributed by atoms with Gasteiger partial charge in [-0.2, -0.15) is 5.10 Å². The van der Waals surface area contributed by atoms with Gasteiger partial charge in [0.2, 0.25) is 0 Å². The Kier molecular flexibility index (Phi) is 1.59. The van der Waals surface area contributed by atoms with Gasteiger partial charge in [-0.25, -0.2) is 9.50 Å². The van der Waals surface area contributed by atoms with E-state index >= 15 is 0 Å². The molecule has 3 unspecified atom stereocenters. The molecule has 98 valence electrons. The van der Waals surface area contributed by atoms with Crippen molar-refractivity contribution in [2.45, 2.75) is 44.6 Å². The van der Waals surface area contributed by atoms with Gasteiger partial charge in [-0.05, 0) is 55.6 Å². The molecule has 0 saturated heterocycles. The van der Waals surface area contributed by atoms with E-state index in [1.54, 1.807) is 6.33 Å². The summed E-state index contributed by atoms with van der Waals surface area (Å²) in [5.41, 5.74) is 4.18. The highest BCUT2D eigenvalue weighted by Crippen LogP contribution is 2.69. The average Bonchev–Trinajstić information content (AvgIpc) is 2.62. The molecule has 3 heterocycles. The lowest BCUT2D eigenvalue weighted by Gasteiger charge is -2.19. The highest BCUT2D eigenvalue weighted by atomic mass is 15.3. The molecule has 1 aliphatic heterocycles. The number of nitrogens with one attached hydrogen (secondary N) is 1. The fraction of sp³-hybridized carbons (Fsp3) is 0.600. The maximum atomic E-state index is 4.53. The quantitative estimate of drug-likeness (QED) is 0.786. The molecule has 2 aromatic rings. The Hall–Kier alpha value is -1.58. The third-order valence-electron chi connectivity index (χ3n) is 5.78. The number of hydrogen-bond donors (Lipinski definition) is 1. The summed E-state index contributed by atoms with van der Waals surface area (Å²) in [6.07, 6.45) is 5.72. The first-order chi connectivity index (χ1) is 9.21. The molecule has 3 aliphatic rings. The van der Waals surface area contributed by atoms with Crippen LogP contribution in [0.1, 0.15) is 43.4 Å². The van der Waals surface area contributed by atoms with E-state index in [0.29, 0.717) is 11.5 Å². The molecule has 1 spiro atoms. The Morgan fingerprint density at radius 3 is 2.89 bits per heavy atom. The fourth-order valence-electron chi connectivity index (χ4n) is 4.70. The van der Waals surface area contributed by atoms with Crippen LogP contribution >= 0.6 is 0 Å². The lowest BCUT2D eigenvalue weighted by Crippen LogP contribution is -2.25. The van der Waals surface area contributed by atoms with E-state index in [0.717, 1.165) is 17.7 Å². The average molecular weight is 254 g/mol. The molecule has 2 saturated carbocycles. The van der Waals surface area contributed by atoms with Crippen molar-refractivity contribution in [3.8, 4) is 0 Å². The molecule has 19 heavy (non-hydrogen) atoms. The maximum absolute atomic E-state index is 4.53. The molecule has 0 bridgehead atoms. The molecule has 0 aromatic carbocycles. The number of aryl methyl sites for hydroxylation is 1. The first-order valence-corrected chi connectivity index (χ1v) is 7.32. The van der Waals surface area contributed by atoms with Gasteiger partial charge in [0.1, 0.15) is 11.8 Å². The summed E-state index contributed by atoms with van der Waals surface area (Å²) in [4.78, 5) is 4.53. The van der Waals surface area contributed by atoms with Crippen LogP contribution in [0.15, 0.2) is 12.4 Å². The van der Waals surface area contributed by atoms with E-state index in [4.69, 9.17) is 0 Å². The Morgan fingerprint density at radius 2 is 2.16 bits per heavy atom. The van der Waals surface area contributed by atoms with E-state index in [2.05, 4.69) is 35.3 Å². The molecule has 1 N–H and O–H groups in total. The summed E-state index contributed by atoms with van der Waals surface area (Å²) in [7, 11) is 0. The van der Waals surface area contributed by atoms with Crippen LogP contribution < -0.4 is 5.32 Å². The largest absolute Gasteiger partial charge is 0.362 e. The van der Waals surface area contributed by atoms with E-state index in [-0.39, 0.29) is 0 Å². The third-order valence-corrected chi connectivity index (χ3v) is 5.78. The summed E-state index contributed by atoms with van der Waals surface area (Å²) in [6.45, 7) is 4.48. The van der Waals surface area contributed by atoms with Crippen molar-refractivity contribution < 1.29 is 0 Å². The Labute approximate surface area is 112 Å². The molecular weight excluding hydrogens is 236 g/mol. The minimum atomic E-state index is 0.348. The summed E-state index contributed by atoms with van der Waals surface area (Å²) in [5, 5.41) is 8.22. The van der Waals surface area contributed by atoms with Gasteiger partial charge in [0.05, 0.1) is 0 Å². The molecule has 3 atom stereocenters. The van der Waals surface area contributed by atoms with Gasteiger partial charge in [0.25, 0.3) is 0 Å². The monoisotopic (exact) mass is 254 g/mol. The molecular formula is C15H18N4. The van der Waals surface area contributed by atoms with E-state index in [9.17, 15) is 0 Å². The van der Waals surface area contributed by atoms with Crippen molar-refractivity contribution in [1.29, 1.82) is 0 Å². The van der Waals surface area contributed by atoms with Gasteiger partial charge in [-0.15, -0.1) is 0 Å². The second-order valence-corrected chi connectivity index (χ2v) is 6.67. The number of fused-ring (bicyclic) bond motifs is 3. The highest BCUT2D eigenvalue weighted by Gasteiger charge is 2.70. The molecule has 2 fully saturated rings. The van der Waals surface area contributed by atoms with Crippen molar-refractivity contribution in [2.75, 3.05) is 5.32 Å². The maximum Gasteiger partial charge on any atom is 0.154 e. The summed E-state index contributed by atoms with van der Waals surface area (Å²) >= 11 is 0. The summed E-state index contributed by atoms with van der Waals surface area (Å²) < 4.78 is 2.05. The lowest BCUT2D eigenvalue weighted by atomic mass is 9.93. The molecule has 0 radical (unpaired) electrons. The molecule has 4 heteroatoms. The molecule has 4 nitrogen and oxygen atoms in total. The minimum absolute atomic E-state index is 0.348. The first-order valence-electron chi connectivity index (χ1n) is 7.32. The van der Waals surface area contributed by atoms with Gasteiger partial charge in [-0.1, -0.05) is 6.92 Å². The van der Waals surface area contributed by atoms with E-state index < -0.39 is 0 Å². The van der Waals surface area contributed by atoms with Gasteiger partial charge in [-0.3, -0.25) is 0 Å². The topological polar surface area (TPSA) is 42.2 Å². The van der Waals surface area contributed by atoms with Crippen LogP contribution in [-0.4, -0.2) is 20.1 Å². The van der Waals surface area contributed by atoms with Crippen LogP contribution in [0.25, 0.3) is 5.52 Å². The normalized spacial score (nSPS) is 38.5. The van der Waals surface area contributed by atoms with Gasteiger partial charge < -0.3 is 5.32 Å². The molecule has 5 rings (SSSR count). The van der Waals surface area contributed by atoms with Crippen molar-refractivity contribution in [3.63, 3.8) is 0 Å². The summed E-state index contributed by atoms with van der Waals surface area (Å²) in [6, 6.07) is 2.29. The van der Waals surface area contributed by atoms with Crippen LogP contribution in [0, 0.1) is 18.8 Å². The van der Waals surface area contributed by atoms with Crippen molar-refractivity contribution >= 4 is 11.3 Å². The van der Waals surface area contributed by atoms with Crippen molar-refractivity contribution in [1.82, 2.24) is 14.6 Å². The van der Waals surface area contributed by atoms with Crippen LogP contribution in [0.5, 0.6) is 0 Å². The molecule has 0 amide bonds. The second-order valence-electron chi connectivity index (χ2n) is 6.67. The van der Waals surface area contributed by atoms with Crippen molar-refractivity contribution in [2.24, 2.45) is 11.8 Å². The Bertz CT molecular complexity index is 691. The van der Waals surface area contributed by atoms with Crippen LogP contribution in [-0.2, 0) is 0 Å². The number of anilines is 1. The SMILES string of the molecule is Cc1cc2c3c(ncnn13)NC1(CC2C)C2CCC21. The van der Waals surface area contributed by atoms with Gasteiger partial charge >= 0.3 is 0 Å². The van der Waals surface area contributed by atoms with E-state index in [1.165, 1.54) is 36.0 Å². The number of nitrogens with zero attached hydrogens (tertiary/aromatic N) is 3. The standard InChI is InChI=1S/C15H18N4/c1-8-6-15(11-3-4-12(11)15)18-14-13-10(8)5-9(2)19(13)17-7-16-14/h5,7-8,11-12H,3-4,6H2,1-2H3,(H,16,17,18). The number of rotatable bonds is 0. The van der Waals surface area contributed by atoms with Gasteiger partial charge in [0.15, 0.2) is 5.82 Å². The van der Waals surface area contributed by atoms with E-state index in [1.807, 2.05) is 4.52 Å². The predicted molar refractivity (Wildman–Crippen MR) is 73.3 cm³/mol. The zero-order valence-corrected chi connectivity index (χ0v) is 11.3. The third kappa shape index (κ3) is 1.04. The zero-order chi connectivity index (χ0) is 12.8. The zero-order valence-electron chi connectivity index (χ0n) is 11.3. The number of aromatic nitrogens is 3. The van der Waals surface area contributed by atoms with Gasteiger partial charge in [0, 0.05) is 11.2 Å². The molecule has 2 aromatic heterocycles. The summed E-state index contributed by atoms with van der Waals surface area (Å²) in [5.74, 6) is 3.44. The van der Waals surface area contributed by atoms with Crippen LogP contribution in [0.3, 0.4) is 0 Å². The number of hydrogen-bond acceptors (Lipinski definition) is 3. The Morgan fingerprint density at radius 1 is 1.37 bits per heavy atom. The molecule has 2 aliphatic carbocycles.